The molecule has 1 aliphatic rings. The van der Waals surface area contributed by atoms with E-state index in [1.807, 2.05) is 0 Å². The van der Waals surface area contributed by atoms with Crippen molar-refractivity contribution in [1.29, 1.82) is 0 Å². The summed E-state index contributed by atoms with van der Waals surface area (Å²) in [7, 11) is -8.29. The number of alkyl halides is 1. The van der Waals surface area contributed by atoms with Crippen LogP contribution in [0.4, 0.5) is 0 Å². The van der Waals surface area contributed by atoms with Gasteiger partial charge < -0.3 is 14.6 Å². The molecule has 28 heavy (non-hydrogen) atoms. The number of ether oxygens (including phenoxy) is 2. The lowest BCUT2D eigenvalue weighted by molar-refractivity contribution is -0.263. The van der Waals surface area contributed by atoms with Gasteiger partial charge in [0.2, 0.25) is 0 Å². The maximum absolute atomic E-state index is 12.4. The Balaban J connectivity index is 2.41. The van der Waals surface area contributed by atoms with Crippen LogP contribution < -0.4 is 0 Å². The zero-order chi connectivity index (χ0) is 21.1. The van der Waals surface area contributed by atoms with E-state index in [-0.39, 0.29) is 10.9 Å². The van der Waals surface area contributed by atoms with Crippen molar-refractivity contribution in [2.75, 3.05) is 17.8 Å². The molecule has 158 valence electrons. The average molecular weight is 503 g/mol. The number of hydrogen-bond donors (Lipinski definition) is 1. The number of carbonyl (C=O) groups is 1. The quantitative estimate of drug-likeness (QED) is 0.307. The van der Waals surface area contributed by atoms with Crippen molar-refractivity contribution in [3.8, 4) is 0 Å². The van der Waals surface area contributed by atoms with Gasteiger partial charge in [-0.25, -0.2) is 4.79 Å². The Labute approximate surface area is 171 Å². The van der Waals surface area contributed by atoms with Gasteiger partial charge in [0.1, 0.15) is 12.2 Å². The van der Waals surface area contributed by atoms with Gasteiger partial charge in [0.15, 0.2) is 18.5 Å². The molecule has 0 aromatic heterocycles. The van der Waals surface area contributed by atoms with Gasteiger partial charge in [0.25, 0.3) is 20.2 Å². The van der Waals surface area contributed by atoms with Crippen LogP contribution >= 0.6 is 15.9 Å². The predicted molar refractivity (Wildman–Crippen MR) is 99.8 cm³/mol. The Bertz CT molecular complexity index is 887. The minimum Gasteiger partial charge on any atom is -0.453 e. The van der Waals surface area contributed by atoms with Crippen LogP contribution in [-0.2, 0) is 38.1 Å². The Kier molecular flexibility index (Phi) is 7.58. The first-order chi connectivity index (χ1) is 12.9. The summed E-state index contributed by atoms with van der Waals surface area (Å²) in [6.45, 7) is 0. The molecule has 13 heteroatoms. The number of hydrogen-bond acceptors (Lipinski definition) is 10. The molecule has 1 aromatic rings. The number of esters is 1. The van der Waals surface area contributed by atoms with Crippen LogP contribution in [0.25, 0.3) is 0 Å². The molecule has 0 unspecified atom stereocenters. The fourth-order valence-electron chi connectivity index (χ4n) is 2.54. The van der Waals surface area contributed by atoms with E-state index in [0.717, 1.165) is 6.26 Å². The lowest BCUT2D eigenvalue weighted by Gasteiger charge is -2.42. The largest absolute Gasteiger partial charge is 0.453 e. The Hall–Kier alpha value is -1.09. The van der Waals surface area contributed by atoms with E-state index in [1.165, 1.54) is 12.1 Å². The molecule has 0 radical (unpaired) electrons. The summed E-state index contributed by atoms with van der Waals surface area (Å²) in [5.74, 6) is -0.822. The maximum Gasteiger partial charge on any atom is 0.338 e. The second kappa shape index (κ2) is 9.15. The van der Waals surface area contributed by atoms with Crippen LogP contribution in [0.1, 0.15) is 10.4 Å². The number of aliphatic hydroxyl groups is 1. The van der Waals surface area contributed by atoms with E-state index >= 15 is 0 Å². The lowest BCUT2D eigenvalue weighted by Crippen LogP contribution is -2.61. The van der Waals surface area contributed by atoms with E-state index in [1.54, 1.807) is 18.2 Å². The summed E-state index contributed by atoms with van der Waals surface area (Å²) in [6.07, 6.45) is -6.33. The lowest BCUT2D eigenvalue weighted by atomic mass is 9.99. The van der Waals surface area contributed by atoms with E-state index in [0.29, 0.717) is 6.26 Å². The molecule has 0 amide bonds. The van der Waals surface area contributed by atoms with Crippen molar-refractivity contribution in [2.45, 2.75) is 30.7 Å². The minimum atomic E-state index is -4.15. The summed E-state index contributed by atoms with van der Waals surface area (Å²) in [4.78, 5) is 12.4. The van der Waals surface area contributed by atoms with Crippen molar-refractivity contribution in [3.05, 3.63) is 35.9 Å². The molecular formula is C15H19BrO10S2. The molecule has 1 fully saturated rings. The minimum absolute atomic E-state index is 0.0199. The third kappa shape index (κ3) is 6.47. The topological polar surface area (TPSA) is 143 Å². The zero-order valence-electron chi connectivity index (χ0n) is 14.8. The van der Waals surface area contributed by atoms with Gasteiger partial charge in [-0.1, -0.05) is 34.1 Å². The Morgan fingerprint density at radius 2 is 1.57 bits per heavy atom. The standard InChI is InChI=1S/C15H19BrO10S2/c1-27(19,20)25-12-11(24-14(17)9-6-4-3-5-7-9)10(8-16)23-15(18)13(12)26-28(2,21)22/h3-7,10-13,15,18H,8H2,1-2H3/t10-,11-,12+,13-,15+/m1/s1. The Morgan fingerprint density at radius 1 is 1.04 bits per heavy atom. The summed E-state index contributed by atoms with van der Waals surface area (Å²) < 4.78 is 66.8. The second-order valence-corrected chi connectivity index (χ2v) is 9.83. The van der Waals surface area contributed by atoms with Gasteiger partial charge in [-0.15, -0.1) is 0 Å². The fourth-order valence-corrected chi connectivity index (χ4v) is 4.30. The second-order valence-electron chi connectivity index (χ2n) is 5.99. The number of carbonyl (C=O) groups excluding carboxylic acids is 1. The molecule has 1 N–H and O–H groups in total. The molecule has 0 spiro atoms. The highest BCUT2D eigenvalue weighted by molar-refractivity contribution is 9.09. The van der Waals surface area contributed by atoms with Crippen LogP contribution in [0.3, 0.4) is 0 Å². The van der Waals surface area contributed by atoms with Crippen LogP contribution in [0.5, 0.6) is 0 Å². The van der Waals surface area contributed by atoms with Gasteiger partial charge in [-0.3, -0.25) is 8.37 Å². The molecule has 1 saturated heterocycles. The molecular weight excluding hydrogens is 484 g/mol. The monoisotopic (exact) mass is 502 g/mol. The molecule has 1 aromatic carbocycles. The number of rotatable bonds is 7. The third-order valence-corrected chi connectivity index (χ3v) is 5.37. The van der Waals surface area contributed by atoms with Gasteiger partial charge in [-0.2, -0.15) is 16.8 Å². The highest BCUT2D eigenvalue weighted by Gasteiger charge is 2.51. The van der Waals surface area contributed by atoms with Gasteiger partial charge in [0.05, 0.1) is 18.1 Å². The zero-order valence-corrected chi connectivity index (χ0v) is 18.0. The third-order valence-electron chi connectivity index (χ3n) is 3.59. The fraction of sp³-hybridized carbons (Fsp3) is 0.533. The molecule has 10 nitrogen and oxygen atoms in total. The summed E-state index contributed by atoms with van der Waals surface area (Å²) in [6, 6.07) is 7.82. The molecule has 5 atom stereocenters. The number of benzene rings is 1. The molecule has 0 saturated carbocycles. The smallest absolute Gasteiger partial charge is 0.338 e. The van der Waals surface area contributed by atoms with Crippen molar-refractivity contribution < 1.29 is 44.6 Å². The maximum atomic E-state index is 12.4. The summed E-state index contributed by atoms with van der Waals surface area (Å²) >= 11 is 3.12. The van der Waals surface area contributed by atoms with Crippen LogP contribution in [0.15, 0.2) is 30.3 Å². The van der Waals surface area contributed by atoms with E-state index in [2.05, 4.69) is 15.9 Å². The van der Waals surface area contributed by atoms with E-state index in [4.69, 9.17) is 17.8 Å². The van der Waals surface area contributed by atoms with E-state index < -0.39 is 56.9 Å². The van der Waals surface area contributed by atoms with E-state index in [9.17, 15) is 26.7 Å². The van der Waals surface area contributed by atoms with Crippen LogP contribution in [0.2, 0.25) is 0 Å². The first-order valence-corrected chi connectivity index (χ1v) is 12.6. The van der Waals surface area contributed by atoms with Gasteiger partial charge in [0, 0.05) is 5.33 Å². The number of aliphatic hydroxyl groups excluding tert-OH is 1. The van der Waals surface area contributed by atoms with Gasteiger partial charge in [-0.05, 0) is 12.1 Å². The molecule has 0 bridgehead atoms. The first-order valence-electron chi connectivity index (χ1n) is 7.83. The summed E-state index contributed by atoms with van der Waals surface area (Å²) in [5, 5.41) is 10.1. The van der Waals surface area contributed by atoms with Crippen LogP contribution in [-0.4, -0.2) is 76.5 Å². The highest BCUT2D eigenvalue weighted by Crippen LogP contribution is 2.30. The average Bonchev–Trinajstić information content (AvgIpc) is 2.58. The molecule has 1 aliphatic heterocycles. The Morgan fingerprint density at radius 3 is 2.07 bits per heavy atom. The SMILES string of the molecule is CS(=O)(=O)O[C@@H]1[C@@H](OS(C)(=O)=O)[C@@H](O)O[C@H](CBr)[C@H]1OC(=O)c1ccccc1. The van der Waals surface area contributed by atoms with Crippen molar-refractivity contribution in [2.24, 2.45) is 0 Å². The van der Waals surface area contributed by atoms with Crippen molar-refractivity contribution >= 4 is 42.1 Å². The van der Waals surface area contributed by atoms with Gasteiger partial charge >= 0.3 is 5.97 Å². The van der Waals surface area contributed by atoms with Crippen LogP contribution in [0, 0.1) is 0 Å². The predicted octanol–water partition coefficient (Wildman–Crippen LogP) is 0.0137. The molecule has 2 rings (SSSR count). The number of halogens is 1. The van der Waals surface area contributed by atoms with Crippen molar-refractivity contribution in [1.82, 2.24) is 0 Å². The highest BCUT2D eigenvalue weighted by atomic mass is 79.9. The van der Waals surface area contributed by atoms with Crippen molar-refractivity contribution in [3.63, 3.8) is 0 Å². The molecule has 0 aliphatic carbocycles. The summed E-state index contributed by atoms with van der Waals surface area (Å²) in [5.41, 5.74) is 0.167. The molecule has 1 heterocycles. The first kappa shape index (κ1) is 23.2. The normalized spacial score (nSPS) is 28.6.